The van der Waals surface area contributed by atoms with Crippen LogP contribution in [0.1, 0.15) is 425 Å². The Balaban J connectivity index is 4.23. The van der Waals surface area contributed by atoms with E-state index in [1.807, 2.05) is 0 Å². The highest BCUT2D eigenvalue weighted by molar-refractivity contribution is 5.71. The molecule has 0 aromatic heterocycles. The Morgan fingerprint density at radius 2 is 0.402 bits per heavy atom. The molecule has 0 aliphatic heterocycles. The number of carbonyl (C=O) groups excluding carboxylic acids is 3. The molecule has 0 rings (SSSR count). The maximum atomic E-state index is 13.0. The first-order chi connectivity index (χ1) is 40.5. The first-order valence-corrected chi connectivity index (χ1v) is 37.3. The van der Waals surface area contributed by atoms with Gasteiger partial charge in [-0.05, 0) is 70.6 Å². The van der Waals surface area contributed by atoms with Crippen molar-refractivity contribution in [2.45, 2.75) is 431 Å². The van der Waals surface area contributed by atoms with E-state index in [2.05, 4.69) is 45.1 Å². The van der Waals surface area contributed by atoms with Crippen LogP contribution in [-0.4, -0.2) is 37.2 Å². The summed E-state index contributed by atoms with van der Waals surface area (Å²) in [6.45, 7) is 6.72. The maximum Gasteiger partial charge on any atom is 0.306 e. The molecule has 0 aromatic rings. The van der Waals surface area contributed by atoms with Gasteiger partial charge in [0, 0.05) is 19.3 Å². The molecule has 0 heterocycles. The van der Waals surface area contributed by atoms with Crippen LogP contribution in [0.25, 0.3) is 0 Å². The van der Waals surface area contributed by atoms with Crippen LogP contribution in [0.3, 0.4) is 0 Å². The molecule has 1 atom stereocenters. The second-order valence-corrected chi connectivity index (χ2v) is 25.6. The number of hydrogen-bond acceptors (Lipinski definition) is 6. The summed E-state index contributed by atoms with van der Waals surface area (Å²) in [7, 11) is 0. The summed E-state index contributed by atoms with van der Waals surface area (Å²) in [6, 6.07) is 0. The van der Waals surface area contributed by atoms with E-state index in [1.165, 1.54) is 327 Å². The number of carbonyl (C=O) groups is 3. The predicted octanol–water partition coefficient (Wildman–Crippen LogP) is 25.7. The van der Waals surface area contributed by atoms with Crippen LogP contribution in [0.5, 0.6) is 0 Å². The Hall–Kier alpha value is -2.11. The second-order valence-electron chi connectivity index (χ2n) is 25.6. The summed E-state index contributed by atoms with van der Waals surface area (Å²) < 4.78 is 17.0. The van der Waals surface area contributed by atoms with Gasteiger partial charge in [0.05, 0.1) is 0 Å². The average molecular weight is 1150 g/mol. The van der Waals surface area contributed by atoms with E-state index in [0.717, 1.165) is 57.8 Å². The van der Waals surface area contributed by atoms with Crippen molar-refractivity contribution < 1.29 is 28.6 Å². The van der Waals surface area contributed by atoms with E-state index >= 15 is 0 Å². The molecule has 0 bridgehead atoms. The Morgan fingerprint density at radius 1 is 0.232 bits per heavy atom. The van der Waals surface area contributed by atoms with Gasteiger partial charge in [-0.25, -0.2) is 0 Å². The van der Waals surface area contributed by atoms with Crippen molar-refractivity contribution in [2.75, 3.05) is 13.2 Å². The number of allylic oxidation sites excluding steroid dienone is 4. The summed E-state index contributed by atoms with van der Waals surface area (Å²) in [6.07, 6.45) is 87.9. The summed E-state index contributed by atoms with van der Waals surface area (Å²) in [5.74, 6) is -0.844. The van der Waals surface area contributed by atoms with Gasteiger partial charge in [-0.1, -0.05) is 360 Å². The first kappa shape index (κ1) is 79.9. The van der Waals surface area contributed by atoms with E-state index in [1.54, 1.807) is 0 Å². The number of esters is 3. The molecule has 0 fully saturated rings. The van der Waals surface area contributed by atoms with Gasteiger partial charge in [-0.2, -0.15) is 0 Å². The molecule has 6 nitrogen and oxygen atoms in total. The lowest BCUT2D eigenvalue weighted by atomic mass is 10.0. The van der Waals surface area contributed by atoms with Crippen LogP contribution in [0.4, 0.5) is 0 Å². The van der Waals surface area contributed by atoms with Crippen LogP contribution in [-0.2, 0) is 28.6 Å². The first-order valence-electron chi connectivity index (χ1n) is 37.3. The summed E-state index contributed by atoms with van der Waals surface area (Å²) in [5, 5.41) is 0. The fraction of sp³-hybridized carbons (Fsp3) is 0.908. The van der Waals surface area contributed by atoms with Crippen molar-refractivity contribution in [2.24, 2.45) is 0 Å². The van der Waals surface area contributed by atoms with E-state index in [0.29, 0.717) is 19.3 Å². The molecular weight excluding hydrogens is 1010 g/mol. The highest BCUT2D eigenvalue weighted by Crippen LogP contribution is 2.19. The van der Waals surface area contributed by atoms with E-state index in [9.17, 15) is 14.4 Å². The third kappa shape index (κ3) is 68.7. The number of rotatable bonds is 70. The summed E-state index contributed by atoms with van der Waals surface area (Å²) >= 11 is 0. The van der Waals surface area contributed by atoms with E-state index in [-0.39, 0.29) is 31.1 Å². The molecule has 0 aliphatic rings. The van der Waals surface area contributed by atoms with E-state index in [4.69, 9.17) is 14.2 Å². The van der Waals surface area contributed by atoms with Crippen molar-refractivity contribution in [1.82, 2.24) is 0 Å². The third-order valence-corrected chi connectivity index (χ3v) is 17.2. The fourth-order valence-electron chi connectivity index (χ4n) is 11.6. The van der Waals surface area contributed by atoms with Crippen LogP contribution in [0.2, 0.25) is 0 Å². The molecule has 82 heavy (non-hydrogen) atoms. The molecule has 0 aliphatic carbocycles. The largest absolute Gasteiger partial charge is 0.462 e. The Bertz CT molecular complexity index is 1320. The van der Waals surface area contributed by atoms with Crippen molar-refractivity contribution in [1.29, 1.82) is 0 Å². The van der Waals surface area contributed by atoms with Gasteiger partial charge in [-0.15, -0.1) is 0 Å². The van der Waals surface area contributed by atoms with Crippen molar-refractivity contribution in [3.8, 4) is 0 Å². The zero-order chi connectivity index (χ0) is 59.2. The number of hydrogen-bond donors (Lipinski definition) is 0. The minimum atomic E-state index is -0.774. The molecule has 484 valence electrons. The monoisotopic (exact) mass is 1150 g/mol. The Labute approximate surface area is 513 Å². The van der Waals surface area contributed by atoms with Crippen molar-refractivity contribution in [3.05, 3.63) is 24.3 Å². The van der Waals surface area contributed by atoms with E-state index < -0.39 is 6.10 Å². The Morgan fingerprint density at radius 3 is 0.610 bits per heavy atom. The molecule has 0 radical (unpaired) electrons. The topological polar surface area (TPSA) is 78.9 Å². The van der Waals surface area contributed by atoms with Gasteiger partial charge in [0.15, 0.2) is 6.10 Å². The zero-order valence-electron chi connectivity index (χ0n) is 55.8. The molecule has 0 spiro atoms. The smallest absolute Gasteiger partial charge is 0.306 e. The molecule has 0 amide bonds. The van der Waals surface area contributed by atoms with Gasteiger partial charge >= 0.3 is 17.9 Å². The molecule has 0 N–H and O–H groups in total. The SMILES string of the molecule is CCCCCCCCC/C=C\CCCCCCCCCC(=O)OCC(COC(=O)CCCCCCCCCCCCCCCCCCCCCCCCCCCCCC)OC(=O)CCCCCCCCC/C=C\CCCCCCCCC. The number of unbranched alkanes of at least 4 members (excludes halogenated alkanes) is 55. The van der Waals surface area contributed by atoms with Gasteiger partial charge < -0.3 is 14.2 Å². The molecule has 0 aromatic carbocycles. The predicted molar refractivity (Wildman–Crippen MR) is 358 cm³/mol. The lowest BCUT2D eigenvalue weighted by Crippen LogP contribution is -2.30. The summed E-state index contributed by atoms with van der Waals surface area (Å²) in [4.78, 5) is 38.5. The number of ether oxygens (including phenoxy) is 3. The Kier molecular flexibility index (Phi) is 69.5. The molecule has 0 saturated heterocycles. The van der Waals surface area contributed by atoms with Crippen molar-refractivity contribution >= 4 is 17.9 Å². The molecular formula is C76H144O6. The maximum absolute atomic E-state index is 13.0. The lowest BCUT2D eigenvalue weighted by Gasteiger charge is -2.18. The van der Waals surface area contributed by atoms with Crippen molar-refractivity contribution in [3.63, 3.8) is 0 Å². The van der Waals surface area contributed by atoms with Gasteiger partial charge in [0.25, 0.3) is 0 Å². The second kappa shape index (κ2) is 71.4. The zero-order valence-corrected chi connectivity index (χ0v) is 55.8. The third-order valence-electron chi connectivity index (χ3n) is 17.2. The molecule has 1 unspecified atom stereocenters. The highest BCUT2D eigenvalue weighted by Gasteiger charge is 2.20. The standard InChI is InChI=1S/C76H144O6/c1-4-7-10-13-16-19-22-25-28-31-34-35-36-37-38-39-40-41-42-43-46-48-51-54-57-60-63-66-69-75(78)81-72-73(82-76(79)70-67-64-61-58-55-52-49-45-33-30-27-24-21-18-15-12-9-6-3)71-80-74(77)68-65-62-59-56-53-50-47-44-32-29-26-23-20-17-14-11-8-5-2/h29-30,32-33,73H,4-28,31,34-72H2,1-3H3/b32-29-,33-30-. The van der Waals surface area contributed by atoms with Crippen LogP contribution in [0.15, 0.2) is 24.3 Å². The molecule has 6 heteroatoms. The van der Waals surface area contributed by atoms with Crippen LogP contribution in [0, 0.1) is 0 Å². The lowest BCUT2D eigenvalue weighted by molar-refractivity contribution is -0.167. The van der Waals surface area contributed by atoms with Gasteiger partial charge in [-0.3, -0.25) is 14.4 Å². The quantitative estimate of drug-likeness (QED) is 0.0261. The minimum Gasteiger partial charge on any atom is -0.462 e. The average Bonchev–Trinajstić information content (AvgIpc) is 3.47. The summed E-state index contributed by atoms with van der Waals surface area (Å²) in [5.41, 5.74) is 0. The van der Waals surface area contributed by atoms with Crippen LogP contribution < -0.4 is 0 Å². The minimum absolute atomic E-state index is 0.0688. The van der Waals surface area contributed by atoms with Gasteiger partial charge in [0.1, 0.15) is 13.2 Å². The highest BCUT2D eigenvalue weighted by atomic mass is 16.6. The fourth-order valence-corrected chi connectivity index (χ4v) is 11.6. The van der Waals surface area contributed by atoms with Gasteiger partial charge in [0.2, 0.25) is 0 Å². The molecule has 0 saturated carbocycles. The normalized spacial score (nSPS) is 12.1. The van der Waals surface area contributed by atoms with Crippen LogP contribution >= 0.6 is 0 Å².